The van der Waals surface area contributed by atoms with Crippen LogP contribution in [0.3, 0.4) is 0 Å². The summed E-state index contributed by atoms with van der Waals surface area (Å²) in [7, 11) is -1.70. The van der Waals surface area contributed by atoms with Gasteiger partial charge < -0.3 is 14.6 Å². The molecule has 0 saturated carbocycles. The number of sulfonamides is 1. The first-order valence-electron chi connectivity index (χ1n) is 11.3. The second-order valence-corrected chi connectivity index (χ2v) is 10.5. The Morgan fingerprint density at radius 2 is 2.03 bits per heavy atom. The average Bonchev–Trinajstić information content (AvgIpc) is 3.57. The Kier molecular flexibility index (Phi) is 5.03. The van der Waals surface area contributed by atoms with Crippen molar-refractivity contribution in [2.75, 3.05) is 24.6 Å². The fraction of sp³-hybridized carbons (Fsp3) is 0.348. The fourth-order valence-electron chi connectivity index (χ4n) is 4.72. The number of hydrogen-bond donors (Lipinski definition) is 2. The van der Waals surface area contributed by atoms with Gasteiger partial charge in [0, 0.05) is 44.4 Å². The summed E-state index contributed by atoms with van der Waals surface area (Å²) in [5.41, 5.74) is 3.64. The number of aryl methyl sites for hydroxylation is 1. The number of piperidine rings is 1. The second kappa shape index (κ2) is 8.10. The Morgan fingerprint density at radius 3 is 2.82 bits per heavy atom. The summed E-state index contributed by atoms with van der Waals surface area (Å²) in [6.45, 7) is 2.00. The highest BCUT2D eigenvalue weighted by Gasteiger charge is 2.27. The van der Waals surface area contributed by atoms with Crippen LogP contribution in [0.25, 0.3) is 22.3 Å². The minimum Gasteiger partial charge on any atom is -0.493 e. The van der Waals surface area contributed by atoms with Crippen molar-refractivity contribution in [3.8, 4) is 17.0 Å². The van der Waals surface area contributed by atoms with E-state index in [1.54, 1.807) is 29.2 Å². The molecule has 2 N–H and O–H groups in total. The van der Waals surface area contributed by atoms with Gasteiger partial charge in [-0.15, -0.1) is 0 Å². The molecule has 2 aliphatic rings. The largest absolute Gasteiger partial charge is 0.493 e. The van der Waals surface area contributed by atoms with Gasteiger partial charge >= 0.3 is 0 Å². The third-order valence-electron chi connectivity index (χ3n) is 6.51. The highest BCUT2D eigenvalue weighted by molar-refractivity contribution is 7.89. The molecule has 0 unspecified atom stereocenters. The van der Waals surface area contributed by atoms with Crippen LogP contribution >= 0.6 is 0 Å². The Labute approximate surface area is 197 Å². The van der Waals surface area contributed by atoms with Gasteiger partial charge in [-0.3, -0.25) is 4.68 Å². The van der Waals surface area contributed by atoms with Crippen molar-refractivity contribution in [3.63, 3.8) is 0 Å². The van der Waals surface area contributed by atoms with Gasteiger partial charge in [-0.1, -0.05) is 0 Å². The van der Waals surface area contributed by atoms with Crippen LogP contribution in [-0.4, -0.2) is 58.9 Å². The molecule has 10 nitrogen and oxygen atoms in total. The number of nitrogens with zero attached hydrogens (tertiary/aromatic N) is 5. The Hall–Kier alpha value is -3.44. The number of aromatic nitrogens is 5. The Morgan fingerprint density at radius 1 is 1.18 bits per heavy atom. The number of fused-ring (bicyclic) bond motifs is 2. The molecule has 34 heavy (non-hydrogen) atoms. The molecule has 0 spiro atoms. The number of rotatable bonds is 5. The summed E-state index contributed by atoms with van der Waals surface area (Å²) in [6.07, 6.45) is 7.45. The number of aromatic amines is 1. The smallest absolute Gasteiger partial charge is 0.240 e. The number of ether oxygens (including phenoxy) is 1. The van der Waals surface area contributed by atoms with E-state index in [1.807, 2.05) is 25.5 Å². The number of benzene rings is 1. The van der Waals surface area contributed by atoms with Crippen molar-refractivity contribution in [2.24, 2.45) is 7.05 Å². The van der Waals surface area contributed by atoms with Crippen molar-refractivity contribution >= 4 is 26.9 Å². The van der Waals surface area contributed by atoms with E-state index in [0.29, 0.717) is 37.4 Å². The zero-order valence-electron chi connectivity index (χ0n) is 18.7. The molecular weight excluding hydrogens is 454 g/mol. The molecule has 0 atom stereocenters. The van der Waals surface area contributed by atoms with Gasteiger partial charge in [0.15, 0.2) is 0 Å². The maximum absolute atomic E-state index is 13.0. The first-order valence-corrected chi connectivity index (χ1v) is 12.8. The highest BCUT2D eigenvalue weighted by Crippen LogP contribution is 2.31. The van der Waals surface area contributed by atoms with Gasteiger partial charge in [-0.25, -0.2) is 23.1 Å². The molecule has 11 heteroatoms. The van der Waals surface area contributed by atoms with Crippen LogP contribution in [0.15, 0.2) is 47.9 Å². The van der Waals surface area contributed by atoms with E-state index in [1.165, 1.54) is 0 Å². The summed E-state index contributed by atoms with van der Waals surface area (Å²) in [5.74, 6) is 1.64. The van der Waals surface area contributed by atoms with Crippen LogP contribution in [0.2, 0.25) is 0 Å². The van der Waals surface area contributed by atoms with Crippen molar-refractivity contribution in [1.82, 2.24) is 29.5 Å². The van der Waals surface area contributed by atoms with Crippen LogP contribution in [0.5, 0.6) is 5.75 Å². The average molecular weight is 480 g/mol. The molecule has 6 rings (SSSR count). The number of nitrogens with one attached hydrogen (secondary N) is 2. The summed E-state index contributed by atoms with van der Waals surface area (Å²) < 4.78 is 36.1. The van der Waals surface area contributed by atoms with E-state index in [9.17, 15) is 8.42 Å². The van der Waals surface area contributed by atoms with E-state index in [0.717, 1.165) is 45.8 Å². The number of hydrogen-bond acceptors (Lipinski definition) is 7. The molecule has 0 bridgehead atoms. The van der Waals surface area contributed by atoms with Crippen LogP contribution < -0.4 is 14.4 Å². The lowest BCUT2D eigenvalue weighted by Gasteiger charge is -2.33. The lowest BCUT2D eigenvalue weighted by atomic mass is 10.1. The molecule has 1 saturated heterocycles. The van der Waals surface area contributed by atoms with Crippen LogP contribution in [-0.2, 0) is 23.5 Å². The molecule has 5 heterocycles. The van der Waals surface area contributed by atoms with E-state index in [2.05, 4.69) is 29.7 Å². The molecule has 0 amide bonds. The van der Waals surface area contributed by atoms with Crippen LogP contribution in [0.1, 0.15) is 18.4 Å². The molecule has 1 aromatic carbocycles. The number of H-pyrrole nitrogens is 1. The summed E-state index contributed by atoms with van der Waals surface area (Å²) >= 11 is 0. The lowest BCUT2D eigenvalue weighted by molar-refractivity contribution is 0.356. The van der Waals surface area contributed by atoms with Crippen molar-refractivity contribution in [1.29, 1.82) is 0 Å². The number of anilines is 1. The van der Waals surface area contributed by atoms with Crippen molar-refractivity contribution < 1.29 is 13.2 Å². The summed E-state index contributed by atoms with van der Waals surface area (Å²) in [6, 6.07) is 7.01. The predicted octanol–water partition coefficient (Wildman–Crippen LogP) is 2.24. The third-order valence-corrected chi connectivity index (χ3v) is 8.03. The molecule has 1 fully saturated rings. The van der Waals surface area contributed by atoms with E-state index in [4.69, 9.17) is 4.74 Å². The van der Waals surface area contributed by atoms with Gasteiger partial charge in [0.05, 0.1) is 28.8 Å². The maximum atomic E-state index is 13.0. The normalized spacial score (nSPS) is 16.7. The molecular formula is C23H25N7O3S. The van der Waals surface area contributed by atoms with Gasteiger partial charge in [0.1, 0.15) is 23.5 Å². The lowest BCUT2D eigenvalue weighted by Crippen LogP contribution is -2.44. The highest BCUT2D eigenvalue weighted by atomic mass is 32.2. The van der Waals surface area contributed by atoms with Gasteiger partial charge in [-0.2, -0.15) is 5.10 Å². The molecule has 2 aliphatic heterocycles. The maximum Gasteiger partial charge on any atom is 0.240 e. The Balaban J connectivity index is 1.17. The quantitative estimate of drug-likeness (QED) is 0.451. The van der Waals surface area contributed by atoms with Gasteiger partial charge in [-0.05, 0) is 42.7 Å². The van der Waals surface area contributed by atoms with Crippen molar-refractivity contribution in [3.05, 3.63) is 48.5 Å². The zero-order chi connectivity index (χ0) is 23.3. The van der Waals surface area contributed by atoms with E-state index >= 15 is 0 Å². The van der Waals surface area contributed by atoms with Gasteiger partial charge in [0.25, 0.3) is 0 Å². The fourth-order valence-corrected chi connectivity index (χ4v) is 6.08. The molecule has 0 aliphatic carbocycles. The van der Waals surface area contributed by atoms with E-state index < -0.39 is 10.0 Å². The summed E-state index contributed by atoms with van der Waals surface area (Å²) in [4.78, 5) is 14.8. The predicted molar refractivity (Wildman–Crippen MR) is 127 cm³/mol. The molecule has 176 valence electrons. The first-order chi connectivity index (χ1) is 16.5. The molecule has 3 aromatic heterocycles. The Bertz CT molecular complexity index is 1470. The van der Waals surface area contributed by atoms with Crippen LogP contribution in [0.4, 0.5) is 5.82 Å². The zero-order valence-corrected chi connectivity index (χ0v) is 19.5. The minimum absolute atomic E-state index is 0.125. The van der Waals surface area contributed by atoms with Crippen LogP contribution in [0, 0.1) is 0 Å². The second-order valence-electron chi connectivity index (χ2n) is 8.80. The standard InChI is InChI=1S/C23H25N7O3S/c1-29-13-16(12-26-29)20-11-19-22(27-20)24-14-25-23(19)30-7-4-17(5-8-30)28-34(31,32)18-2-3-21-15(10-18)6-9-33-21/h2-3,10-14,17,28H,4-9H2,1H3,(H,24,25,27). The SMILES string of the molecule is Cn1cc(-c2cc3c(N4CCC(NS(=O)(=O)c5ccc6c(c5)CCO6)CC4)ncnc3[nH]2)cn1. The first kappa shape index (κ1) is 21.1. The topological polar surface area (TPSA) is 118 Å². The monoisotopic (exact) mass is 479 g/mol. The molecule has 0 radical (unpaired) electrons. The molecule has 4 aromatic rings. The van der Waals surface area contributed by atoms with Crippen molar-refractivity contribution in [2.45, 2.75) is 30.2 Å². The minimum atomic E-state index is -3.59. The summed E-state index contributed by atoms with van der Waals surface area (Å²) in [5, 5.41) is 5.18. The van der Waals surface area contributed by atoms with E-state index in [-0.39, 0.29) is 6.04 Å². The van der Waals surface area contributed by atoms with Gasteiger partial charge in [0.2, 0.25) is 10.0 Å². The third kappa shape index (κ3) is 3.80.